The summed E-state index contributed by atoms with van der Waals surface area (Å²) in [6.07, 6.45) is 4.88. The lowest BCUT2D eigenvalue weighted by molar-refractivity contribution is -0.121. The number of aromatic nitrogens is 2. The summed E-state index contributed by atoms with van der Waals surface area (Å²) >= 11 is 1.64. The number of carbonyl (C=O) groups excluding carboxylic acids is 1. The Labute approximate surface area is 224 Å². The van der Waals surface area contributed by atoms with Gasteiger partial charge in [-0.25, -0.2) is 0 Å². The van der Waals surface area contributed by atoms with Gasteiger partial charge in [0.1, 0.15) is 6.04 Å². The first-order valence-corrected chi connectivity index (χ1v) is 15.8. The van der Waals surface area contributed by atoms with E-state index in [0.717, 1.165) is 86.7 Å². The van der Waals surface area contributed by atoms with Crippen molar-refractivity contribution in [1.82, 2.24) is 15.1 Å². The molecule has 2 aliphatic heterocycles. The minimum absolute atomic E-state index is 0.0291. The molecule has 2 unspecified atom stereocenters. The molecular weight excluding hydrogens is 497 g/mol. The van der Waals surface area contributed by atoms with Gasteiger partial charge in [0.05, 0.1) is 11.2 Å². The second-order valence-electron chi connectivity index (χ2n) is 10.1. The number of aromatic amines is 1. The zero-order valence-electron chi connectivity index (χ0n) is 21.2. The van der Waals surface area contributed by atoms with Gasteiger partial charge < -0.3 is 10.2 Å². The van der Waals surface area contributed by atoms with Crippen LogP contribution in [-0.4, -0.2) is 59.5 Å². The number of anilines is 2. The number of nitrogens with zero attached hydrogens (tertiary/aromatic N) is 3. The SMILES string of the molecule is CPC1CCN(c2ccc(-c3n[nH]c4ccc(NC(=O)C(c5ccsc5)N5CCCC5)cc34)cc2)CC1. The van der Waals surface area contributed by atoms with Gasteiger partial charge in [-0.3, -0.25) is 14.8 Å². The maximum atomic E-state index is 13.5. The zero-order valence-corrected chi connectivity index (χ0v) is 23.1. The predicted octanol–water partition coefficient (Wildman–Crippen LogP) is 6.34. The van der Waals surface area contributed by atoms with Crippen molar-refractivity contribution in [2.75, 3.05) is 43.1 Å². The molecule has 2 fully saturated rings. The zero-order chi connectivity index (χ0) is 25.2. The molecule has 0 spiro atoms. The van der Waals surface area contributed by atoms with Gasteiger partial charge in [-0.1, -0.05) is 12.1 Å². The molecule has 6 rings (SSSR count). The van der Waals surface area contributed by atoms with Crippen LogP contribution in [0.15, 0.2) is 59.3 Å². The van der Waals surface area contributed by atoms with E-state index < -0.39 is 0 Å². The summed E-state index contributed by atoms with van der Waals surface area (Å²) in [4.78, 5) is 18.3. The lowest BCUT2D eigenvalue weighted by atomic mass is 10.0. The van der Waals surface area contributed by atoms with Crippen LogP contribution in [0.1, 0.15) is 37.3 Å². The maximum Gasteiger partial charge on any atom is 0.246 e. The lowest BCUT2D eigenvalue weighted by Gasteiger charge is -2.33. The third kappa shape index (κ3) is 5.18. The number of hydrogen-bond donors (Lipinski definition) is 2. The molecule has 1 amide bonds. The number of thiophene rings is 1. The van der Waals surface area contributed by atoms with Crippen LogP contribution in [0, 0.1) is 0 Å². The first-order chi connectivity index (χ1) is 18.2. The van der Waals surface area contributed by atoms with E-state index in [2.05, 4.69) is 67.7 Å². The molecule has 192 valence electrons. The van der Waals surface area contributed by atoms with E-state index in [4.69, 9.17) is 0 Å². The van der Waals surface area contributed by atoms with E-state index in [0.29, 0.717) is 0 Å². The number of H-pyrrole nitrogens is 1. The molecule has 4 heterocycles. The molecule has 2 N–H and O–H groups in total. The molecule has 0 aliphatic carbocycles. The van der Waals surface area contributed by atoms with E-state index in [1.54, 1.807) is 11.3 Å². The molecule has 4 aromatic rings. The van der Waals surface area contributed by atoms with Gasteiger partial charge in [0.15, 0.2) is 0 Å². The number of rotatable bonds is 7. The highest BCUT2D eigenvalue weighted by molar-refractivity contribution is 7.37. The normalized spacial score (nSPS) is 18.2. The molecule has 0 radical (unpaired) electrons. The second kappa shape index (κ2) is 10.9. The van der Waals surface area contributed by atoms with Crippen LogP contribution in [0.2, 0.25) is 0 Å². The highest BCUT2D eigenvalue weighted by Gasteiger charge is 2.30. The molecular formula is C29H34N5OPS. The molecule has 0 bridgehead atoms. The number of piperidine rings is 1. The number of fused-ring (bicyclic) bond motifs is 1. The summed E-state index contributed by atoms with van der Waals surface area (Å²) in [5, 5.41) is 16.2. The molecule has 6 nitrogen and oxygen atoms in total. The van der Waals surface area contributed by atoms with Gasteiger partial charge in [-0.15, -0.1) is 8.58 Å². The summed E-state index contributed by atoms with van der Waals surface area (Å²) in [7, 11) is 1.05. The van der Waals surface area contributed by atoms with Crippen LogP contribution >= 0.6 is 19.9 Å². The summed E-state index contributed by atoms with van der Waals surface area (Å²) in [5.41, 5.74) is 7.03. The Hall–Kier alpha value is -2.73. The van der Waals surface area contributed by atoms with Crippen molar-refractivity contribution in [3.63, 3.8) is 0 Å². The van der Waals surface area contributed by atoms with Gasteiger partial charge in [0, 0.05) is 35.4 Å². The van der Waals surface area contributed by atoms with Crippen molar-refractivity contribution >= 4 is 48.1 Å². The van der Waals surface area contributed by atoms with Crippen LogP contribution in [0.4, 0.5) is 11.4 Å². The maximum absolute atomic E-state index is 13.5. The van der Waals surface area contributed by atoms with Crippen molar-refractivity contribution < 1.29 is 4.79 Å². The van der Waals surface area contributed by atoms with Crippen molar-refractivity contribution in [2.24, 2.45) is 0 Å². The topological polar surface area (TPSA) is 64.3 Å². The third-order valence-electron chi connectivity index (χ3n) is 7.85. The molecule has 8 heteroatoms. The van der Waals surface area contributed by atoms with Crippen molar-refractivity contribution in [3.05, 3.63) is 64.9 Å². The molecule has 37 heavy (non-hydrogen) atoms. The standard InChI is InChI=1S/C29H34N5OPS/c1-36-24-10-15-33(16-11-24)23-7-4-20(5-8-23)27-25-18-22(6-9-26(25)31-32-27)30-29(35)28(21-12-17-37-19-21)34-13-2-3-14-34/h4-9,12,17-19,24,28,36H,2-3,10-11,13-16H2,1H3,(H,30,35)(H,31,32). The number of hydrogen-bond acceptors (Lipinski definition) is 5. The summed E-state index contributed by atoms with van der Waals surface area (Å²) in [6.45, 7) is 6.54. The molecule has 2 saturated heterocycles. The van der Waals surface area contributed by atoms with Gasteiger partial charge in [0.2, 0.25) is 5.91 Å². The van der Waals surface area contributed by atoms with E-state index in [9.17, 15) is 4.79 Å². The first kappa shape index (κ1) is 24.6. The number of carbonyl (C=O) groups is 1. The number of amides is 1. The Morgan fingerprint density at radius 2 is 1.86 bits per heavy atom. The summed E-state index contributed by atoms with van der Waals surface area (Å²) in [5.74, 6) is 0.0291. The van der Waals surface area contributed by atoms with Crippen LogP contribution in [0.25, 0.3) is 22.2 Å². The Bertz CT molecular complexity index is 1340. The molecule has 2 aromatic heterocycles. The average molecular weight is 532 g/mol. The minimum atomic E-state index is -0.247. The number of nitrogens with one attached hydrogen (secondary N) is 2. The van der Waals surface area contributed by atoms with Gasteiger partial charge in [0.25, 0.3) is 0 Å². The average Bonchev–Trinajstić information content (AvgIpc) is 3.72. The third-order valence-corrected chi connectivity index (χ3v) is 9.95. The van der Waals surface area contributed by atoms with E-state index in [1.807, 2.05) is 23.6 Å². The van der Waals surface area contributed by atoms with E-state index in [-0.39, 0.29) is 11.9 Å². The fourth-order valence-electron chi connectivity index (χ4n) is 5.74. The van der Waals surface area contributed by atoms with Gasteiger partial charge >= 0.3 is 0 Å². The smallest absolute Gasteiger partial charge is 0.246 e. The quantitative estimate of drug-likeness (QED) is 0.273. The van der Waals surface area contributed by atoms with Crippen molar-refractivity contribution in [1.29, 1.82) is 0 Å². The van der Waals surface area contributed by atoms with Crippen LogP contribution in [-0.2, 0) is 4.79 Å². The highest BCUT2D eigenvalue weighted by atomic mass is 32.1. The van der Waals surface area contributed by atoms with Crippen molar-refractivity contribution in [2.45, 2.75) is 37.4 Å². The Balaban J connectivity index is 1.21. The first-order valence-electron chi connectivity index (χ1n) is 13.3. The predicted molar refractivity (Wildman–Crippen MR) is 158 cm³/mol. The fraction of sp³-hybridized carbons (Fsp3) is 0.379. The second-order valence-corrected chi connectivity index (χ2v) is 12.3. The molecule has 2 aliphatic rings. The molecule has 0 saturated carbocycles. The highest BCUT2D eigenvalue weighted by Crippen LogP contribution is 2.33. The fourth-order valence-corrected chi connectivity index (χ4v) is 7.25. The molecule has 2 atom stereocenters. The van der Waals surface area contributed by atoms with Crippen LogP contribution in [0.3, 0.4) is 0 Å². The minimum Gasteiger partial charge on any atom is -0.371 e. The summed E-state index contributed by atoms with van der Waals surface area (Å²) < 4.78 is 0. The van der Waals surface area contributed by atoms with Crippen molar-refractivity contribution in [3.8, 4) is 11.3 Å². The largest absolute Gasteiger partial charge is 0.371 e. The van der Waals surface area contributed by atoms with E-state index >= 15 is 0 Å². The Morgan fingerprint density at radius 1 is 1.08 bits per heavy atom. The monoisotopic (exact) mass is 531 g/mol. The Morgan fingerprint density at radius 3 is 2.57 bits per heavy atom. The number of benzene rings is 2. The van der Waals surface area contributed by atoms with Crippen LogP contribution in [0.5, 0.6) is 0 Å². The van der Waals surface area contributed by atoms with Gasteiger partial charge in [-0.05, 0) is 104 Å². The van der Waals surface area contributed by atoms with Crippen LogP contribution < -0.4 is 10.2 Å². The Kier molecular flexibility index (Phi) is 7.27. The van der Waals surface area contributed by atoms with E-state index in [1.165, 1.54) is 18.5 Å². The lowest BCUT2D eigenvalue weighted by Crippen LogP contribution is -2.35. The molecule has 2 aromatic carbocycles. The van der Waals surface area contributed by atoms with Gasteiger partial charge in [-0.2, -0.15) is 16.4 Å². The number of likely N-dealkylation sites (tertiary alicyclic amines) is 1. The summed E-state index contributed by atoms with van der Waals surface area (Å²) in [6, 6.07) is 16.6.